The summed E-state index contributed by atoms with van der Waals surface area (Å²) in [5.74, 6) is 1.08. The topological polar surface area (TPSA) is 32.3 Å². The van der Waals surface area contributed by atoms with Crippen LogP contribution in [0.25, 0.3) is 0 Å². The van der Waals surface area contributed by atoms with Gasteiger partial charge in [-0.05, 0) is 61.9 Å². The van der Waals surface area contributed by atoms with Crippen molar-refractivity contribution >= 4 is 5.69 Å². The van der Waals surface area contributed by atoms with E-state index in [-0.39, 0.29) is 0 Å². The number of rotatable bonds is 4. The lowest BCUT2D eigenvalue weighted by Crippen LogP contribution is -2.13. The van der Waals surface area contributed by atoms with Crippen molar-refractivity contribution in [2.75, 3.05) is 5.32 Å². The molecule has 1 fully saturated rings. The predicted octanol–water partition coefficient (Wildman–Crippen LogP) is 4.57. The molecular formula is C18H21NO. The van der Waals surface area contributed by atoms with E-state index in [0.29, 0.717) is 11.8 Å². The molecule has 0 radical (unpaired) electrons. The zero-order valence-corrected chi connectivity index (χ0v) is 12.1. The van der Waals surface area contributed by atoms with Crippen LogP contribution in [0.1, 0.15) is 35.6 Å². The van der Waals surface area contributed by atoms with E-state index >= 15 is 0 Å². The molecule has 0 amide bonds. The second-order valence-corrected chi connectivity index (χ2v) is 5.87. The minimum Gasteiger partial charge on any atom is -0.508 e. The van der Waals surface area contributed by atoms with Crippen molar-refractivity contribution in [1.82, 2.24) is 0 Å². The Morgan fingerprint density at radius 2 is 1.75 bits per heavy atom. The minimum absolute atomic E-state index is 0.355. The van der Waals surface area contributed by atoms with Crippen LogP contribution in [0.4, 0.5) is 5.69 Å². The number of hydrogen-bond donors (Lipinski definition) is 2. The number of nitrogens with one attached hydrogen (secondary N) is 1. The Balaban J connectivity index is 1.84. The van der Waals surface area contributed by atoms with Gasteiger partial charge >= 0.3 is 0 Å². The van der Waals surface area contributed by atoms with Gasteiger partial charge in [-0.15, -0.1) is 0 Å². The Morgan fingerprint density at radius 3 is 2.35 bits per heavy atom. The molecule has 0 aromatic heterocycles. The zero-order valence-electron chi connectivity index (χ0n) is 12.1. The average molecular weight is 267 g/mol. The van der Waals surface area contributed by atoms with E-state index in [4.69, 9.17) is 0 Å². The van der Waals surface area contributed by atoms with Crippen molar-refractivity contribution in [3.05, 3.63) is 59.2 Å². The van der Waals surface area contributed by atoms with E-state index in [1.54, 1.807) is 6.07 Å². The molecule has 0 saturated heterocycles. The molecule has 0 heterocycles. The molecule has 2 nitrogen and oxygen atoms in total. The molecule has 2 N–H and O–H groups in total. The Labute approximate surface area is 120 Å². The van der Waals surface area contributed by atoms with Gasteiger partial charge in [0.2, 0.25) is 0 Å². The number of hydrogen-bond acceptors (Lipinski definition) is 2. The monoisotopic (exact) mass is 267 g/mol. The summed E-state index contributed by atoms with van der Waals surface area (Å²) in [5.41, 5.74) is 4.64. The average Bonchev–Trinajstić information content (AvgIpc) is 3.26. The second kappa shape index (κ2) is 5.20. The normalized spacial score (nSPS) is 15.9. The number of phenols is 1. The lowest BCUT2D eigenvalue weighted by molar-refractivity contribution is 0.471. The summed E-state index contributed by atoms with van der Waals surface area (Å²) in [6.07, 6.45) is 2.59. The van der Waals surface area contributed by atoms with Crippen LogP contribution in [0.15, 0.2) is 42.5 Å². The van der Waals surface area contributed by atoms with E-state index < -0.39 is 0 Å². The molecule has 2 aromatic carbocycles. The summed E-state index contributed by atoms with van der Waals surface area (Å²) in [6.45, 7) is 4.05. The van der Waals surface area contributed by atoms with E-state index in [2.05, 4.69) is 36.5 Å². The first-order valence-corrected chi connectivity index (χ1v) is 7.26. The van der Waals surface area contributed by atoms with Gasteiger partial charge in [0.25, 0.3) is 0 Å². The first-order chi connectivity index (χ1) is 9.63. The van der Waals surface area contributed by atoms with Crippen LogP contribution in [0.5, 0.6) is 5.75 Å². The molecule has 0 bridgehead atoms. The van der Waals surface area contributed by atoms with Crippen molar-refractivity contribution < 1.29 is 5.11 Å². The molecule has 20 heavy (non-hydrogen) atoms. The molecule has 0 aliphatic heterocycles. The highest BCUT2D eigenvalue weighted by Crippen LogP contribution is 2.43. The highest BCUT2D eigenvalue weighted by Gasteiger charge is 2.32. The summed E-state index contributed by atoms with van der Waals surface area (Å²) in [7, 11) is 0. The largest absolute Gasteiger partial charge is 0.508 e. The third-order valence-corrected chi connectivity index (χ3v) is 4.05. The summed E-state index contributed by atoms with van der Waals surface area (Å²) < 4.78 is 0. The molecule has 1 unspecified atom stereocenters. The van der Waals surface area contributed by atoms with Crippen LogP contribution >= 0.6 is 0 Å². The fourth-order valence-electron chi connectivity index (χ4n) is 2.60. The van der Waals surface area contributed by atoms with Gasteiger partial charge in [-0.1, -0.05) is 29.8 Å². The van der Waals surface area contributed by atoms with Gasteiger partial charge < -0.3 is 10.4 Å². The molecule has 1 saturated carbocycles. The number of aryl methyl sites for hydroxylation is 2. The molecule has 0 spiro atoms. The van der Waals surface area contributed by atoms with Gasteiger partial charge in [0, 0.05) is 5.69 Å². The molecule has 1 aliphatic rings. The van der Waals surface area contributed by atoms with Crippen LogP contribution < -0.4 is 5.32 Å². The zero-order chi connectivity index (χ0) is 14.1. The number of phenolic OH excluding ortho intramolecular Hbond substituents is 1. The third kappa shape index (κ3) is 2.79. The fraction of sp³-hybridized carbons (Fsp3) is 0.333. The van der Waals surface area contributed by atoms with Crippen molar-refractivity contribution in [2.24, 2.45) is 5.92 Å². The van der Waals surface area contributed by atoms with Crippen LogP contribution in [-0.2, 0) is 0 Å². The smallest absolute Gasteiger partial charge is 0.118 e. The maximum absolute atomic E-state index is 9.62. The number of aromatic hydroxyl groups is 1. The molecule has 1 aliphatic carbocycles. The third-order valence-electron chi connectivity index (χ3n) is 4.05. The molecule has 104 valence electrons. The van der Waals surface area contributed by atoms with Gasteiger partial charge in [-0.3, -0.25) is 0 Å². The molecular weight excluding hydrogens is 246 g/mol. The van der Waals surface area contributed by atoms with Gasteiger partial charge in [0.1, 0.15) is 5.75 Å². The predicted molar refractivity (Wildman–Crippen MR) is 83.1 cm³/mol. The maximum atomic E-state index is 9.62. The summed E-state index contributed by atoms with van der Waals surface area (Å²) >= 11 is 0. The standard InChI is InChI=1S/C18H21NO/c1-12-3-5-14(6-4-12)18(15-7-8-15)19-16-9-10-17(20)13(2)11-16/h3-6,9-11,15,18-20H,7-8H2,1-2H3. The summed E-state index contributed by atoms with van der Waals surface area (Å²) in [5, 5.41) is 13.3. The first-order valence-electron chi connectivity index (χ1n) is 7.26. The Kier molecular flexibility index (Phi) is 3.39. The molecule has 2 heteroatoms. The summed E-state index contributed by atoms with van der Waals surface area (Å²) in [4.78, 5) is 0. The van der Waals surface area contributed by atoms with E-state index in [1.165, 1.54) is 24.0 Å². The van der Waals surface area contributed by atoms with E-state index in [1.807, 2.05) is 19.1 Å². The van der Waals surface area contributed by atoms with Gasteiger partial charge in [-0.2, -0.15) is 0 Å². The first kappa shape index (κ1) is 13.0. The highest BCUT2D eigenvalue weighted by molar-refractivity contribution is 5.52. The van der Waals surface area contributed by atoms with E-state index in [0.717, 1.165) is 17.2 Å². The van der Waals surface area contributed by atoms with Crippen molar-refractivity contribution in [2.45, 2.75) is 32.7 Å². The van der Waals surface area contributed by atoms with Gasteiger partial charge in [0.15, 0.2) is 0 Å². The second-order valence-electron chi connectivity index (χ2n) is 5.87. The SMILES string of the molecule is Cc1ccc(C(Nc2ccc(O)c(C)c2)C2CC2)cc1. The fourth-order valence-corrected chi connectivity index (χ4v) is 2.60. The number of anilines is 1. The Morgan fingerprint density at radius 1 is 1.05 bits per heavy atom. The summed E-state index contributed by atoms with van der Waals surface area (Å²) in [6, 6.07) is 14.9. The highest BCUT2D eigenvalue weighted by atomic mass is 16.3. The number of benzene rings is 2. The Hall–Kier alpha value is -1.96. The van der Waals surface area contributed by atoms with Crippen LogP contribution in [0, 0.1) is 19.8 Å². The molecule has 1 atom stereocenters. The van der Waals surface area contributed by atoms with E-state index in [9.17, 15) is 5.11 Å². The van der Waals surface area contributed by atoms with Crippen molar-refractivity contribution in [1.29, 1.82) is 0 Å². The van der Waals surface area contributed by atoms with Crippen LogP contribution in [0.3, 0.4) is 0 Å². The van der Waals surface area contributed by atoms with Crippen LogP contribution in [-0.4, -0.2) is 5.11 Å². The van der Waals surface area contributed by atoms with Crippen molar-refractivity contribution in [3.63, 3.8) is 0 Å². The Bertz CT molecular complexity index is 599. The van der Waals surface area contributed by atoms with Gasteiger partial charge in [-0.25, -0.2) is 0 Å². The van der Waals surface area contributed by atoms with Crippen LogP contribution in [0.2, 0.25) is 0 Å². The lowest BCUT2D eigenvalue weighted by atomic mass is 10.0. The van der Waals surface area contributed by atoms with Crippen molar-refractivity contribution in [3.8, 4) is 5.75 Å². The van der Waals surface area contributed by atoms with Gasteiger partial charge in [0.05, 0.1) is 6.04 Å². The lowest BCUT2D eigenvalue weighted by Gasteiger charge is -2.21. The minimum atomic E-state index is 0.355. The molecule has 3 rings (SSSR count). The maximum Gasteiger partial charge on any atom is 0.118 e. The molecule has 2 aromatic rings. The quantitative estimate of drug-likeness (QED) is 0.795.